The fourth-order valence-electron chi connectivity index (χ4n) is 1.86. The molecule has 21 heavy (non-hydrogen) atoms. The number of aromatic nitrogens is 2. The number of rotatable bonds is 2. The topological polar surface area (TPSA) is 64.9 Å². The third-order valence-electron chi connectivity index (χ3n) is 2.83. The predicted molar refractivity (Wildman–Crippen MR) is 84.9 cm³/mol. The van der Waals surface area contributed by atoms with Gasteiger partial charge in [0.15, 0.2) is 0 Å². The van der Waals surface area contributed by atoms with Crippen molar-refractivity contribution in [2.24, 2.45) is 0 Å². The van der Waals surface area contributed by atoms with Gasteiger partial charge in [-0.05, 0) is 46.3 Å². The zero-order valence-electron chi connectivity index (χ0n) is 10.5. The van der Waals surface area contributed by atoms with Gasteiger partial charge in [-0.1, -0.05) is 27.2 Å². The first-order chi connectivity index (χ1) is 10.0. The van der Waals surface area contributed by atoms with Crippen LogP contribution in [0.4, 0.5) is 10.1 Å². The van der Waals surface area contributed by atoms with Crippen molar-refractivity contribution in [1.29, 1.82) is 0 Å². The van der Waals surface area contributed by atoms with Crippen molar-refractivity contribution in [3.8, 4) is 22.8 Å². The Bertz CT molecular complexity index is 799. The van der Waals surface area contributed by atoms with E-state index in [1.54, 1.807) is 12.1 Å². The maximum absolute atomic E-state index is 13.4. The molecule has 0 fully saturated rings. The van der Waals surface area contributed by atoms with E-state index in [0.29, 0.717) is 27.1 Å². The smallest absolute Gasteiger partial charge is 0.260 e. The summed E-state index contributed by atoms with van der Waals surface area (Å²) in [6, 6.07) is 9.82. The van der Waals surface area contributed by atoms with Crippen LogP contribution in [-0.2, 0) is 0 Å². The quantitative estimate of drug-likeness (QED) is 0.622. The minimum atomic E-state index is -0.382. The molecule has 4 nitrogen and oxygen atoms in total. The van der Waals surface area contributed by atoms with Gasteiger partial charge in [0.2, 0.25) is 5.82 Å². The summed E-state index contributed by atoms with van der Waals surface area (Å²) >= 11 is 6.57. The van der Waals surface area contributed by atoms with E-state index < -0.39 is 0 Å². The van der Waals surface area contributed by atoms with E-state index in [-0.39, 0.29) is 11.7 Å². The number of hydrogen-bond acceptors (Lipinski definition) is 4. The average Bonchev–Trinajstić information content (AvgIpc) is 2.90. The van der Waals surface area contributed by atoms with Gasteiger partial charge in [-0.15, -0.1) is 0 Å². The molecule has 3 aromatic rings. The van der Waals surface area contributed by atoms with E-state index in [1.165, 1.54) is 12.1 Å². The van der Waals surface area contributed by atoms with Crippen LogP contribution in [0.25, 0.3) is 22.8 Å². The Morgan fingerprint density at radius 2 is 1.95 bits per heavy atom. The third-order valence-corrected chi connectivity index (χ3v) is 3.98. The highest BCUT2D eigenvalue weighted by molar-refractivity contribution is 9.10. The molecule has 0 saturated carbocycles. The number of nitrogens with two attached hydrogens (primary N) is 1. The molecule has 0 aliphatic carbocycles. The highest BCUT2D eigenvalue weighted by Gasteiger charge is 2.15. The first-order valence-electron chi connectivity index (χ1n) is 5.89. The molecular weight excluding hydrogens is 405 g/mol. The van der Waals surface area contributed by atoms with Gasteiger partial charge >= 0.3 is 0 Å². The molecule has 2 N–H and O–H groups in total. The standard InChI is InChI=1S/C14H8Br2FN3O/c15-8-4-7(5-9(17)6-8)13-19-14(21-20-13)10-2-1-3-11(16)12(10)18/h1-6H,18H2. The number of anilines is 1. The van der Waals surface area contributed by atoms with Crippen LogP contribution >= 0.6 is 31.9 Å². The molecule has 0 spiro atoms. The van der Waals surface area contributed by atoms with Crippen molar-refractivity contribution in [1.82, 2.24) is 10.1 Å². The lowest BCUT2D eigenvalue weighted by molar-refractivity contribution is 0.432. The minimum absolute atomic E-state index is 0.282. The van der Waals surface area contributed by atoms with Gasteiger partial charge in [0.1, 0.15) is 5.82 Å². The molecule has 0 atom stereocenters. The lowest BCUT2D eigenvalue weighted by Gasteiger charge is -2.01. The predicted octanol–water partition coefficient (Wildman–Crippen LogP) is 4.65. The lowest BCUT2D eigenvalue weighted by atomic mass is 10.2. The highest BCUT2D eigenvalue weighted by atomic mass is 79.9. The van der Waals surface area contributed by atoms with E-state index in [4.69, 9.17) is 10.3 Å². The fourth-order valence-corrected chi connectivity index (χ4v) is 2.69. The van der Waals surface area contributed by atoms with Crippen LogP contribution in [0.15, 0.2) is 49.9 Å². The molecule has 0 radical (unpaired) electrons. The van der Waals surface area contributed by atoms with Gasteiger partial charge in [0.05, 0.1) is 11.3 Å². The molecule has 3 rings (SSSR count). The summed E-state index contributed by atoms with van der Waals surface area (Å²) in [6.07, 6.45) is 0. The molecule has 0 amide bonds. The van der Waals surface area contributed by atoms with Gasteiger partial charge in [-0.2, -0.15) is 4.98 Å². The summed E-state index contributed by atoms with van der Waals surface area (Å²) in [5.74, 6) is 0.196. The van der Waals surface area contributed by atoms with E-state index in [0.717, 1.165) is 4.47 Å². The Hall–Kier alpha value is -1.73. The van der Waals surface area contributed by atoms with Gasteiger partial charge in [-0.25, -0.2) is 4.39 Å². The number of halogens is 3. The number of para-hydroxylation sites is 1. The number of benzene rings is 2. The van der Waals surface area contributed by atoms with Crippen LogP contribution in [0.2, 0.25) is 0 Å². The SMILES string of the molecule is Nc1c(Br)cccc1-c1nc(-c2cc(F)cc(Br)c2)no1. The van der Waals surface area contributed by atoms with Crippen molar-refractivity contribution in [3.63, 3.8) is 0 Å². The molecule has 0 unspecified atom stereocenters. The van der Waals surface area contributed by atoms with Gasteiger partial charge in [-0.3, -0.25) is 0 Å². The Balaban J connectivity index is 2.06. The van der Waals surface area contributed by atoms with E-state index in [2.05, 4.69) is 42.0 Å². The van der Waals surface area contributed by atoms with Crippen molar-refractivity contribution in [3.05, 3.63) is 51.2 Å². The van der Waals surface area contributed by atoms with E-state index in [1.807, 2.05) is 12.1 Å². The first kappa shape index (κ1) is 14.2. The monoisotopic (exact) mass is 411 g/mol. The average molecular weight is 413 g/mol. The molecule has 1 aromatic heterocycles. The molecule has 7 heteroatoms. The second-order valence-electron chi connectivity index (χ2n) is 4.28. The van der Waals surface area contributed by atoms with Crippen molar-refractivity contribution in [2.45, 2.75) is 0 Å². The zero-order valence-corrected chi connectivity index (χ0v) is 13.7. The number of hydrogen-bond donors (Lipinski definition) is 1. The van der Waals surface area contributed by atoms with Crippen LogP contribution in [0.5, 0.6) is 0 Å². The van der Waals surface area contributed by atoms with Crippen molar-refractivity contribution in [2.75, 3.05) is 5.73 Å². The molecule has 0 bridgehead atoms. The highest BCUT2D eigenvalue weighted by Crippen LogP contribution is 2.32. The van der Waals surface area contributed by atoms with E-state index >= 15 is 0 Å². The fraction of sp³-hybridized carbons (Fsp3) is 0. The molecule has 106 valence electrons. The maximum atomic E-state index is 13.4. The normalized spacial score (nSPS) is 10.8. The van der Waals surface area contributed by atoms with E-state index in [9.17, 15) is 4.39 Å². The van der Waals surface area contributed by atoms with Crippen molar-refractivity contribution >= 4 is 37.5 Å². The second kappa shape index (κ2) is 5.57. The molecule has 0 aliphatic rings. The van der Waals surface area contributed by atoms with Gasteiger partial charge in [0.25, 0.3) is 5.89 Å². The first-order valence-corrected chi connectivity index (χ1v) is 7.48. The van der Waals surface area contributed by atoms with Crippen LogP contribution in [0.3, 0.4) is 0 Å². The Morgan fingerprint density at radius 3 is 2.71 bits per heavy atom. The maximum Gasteiger partial charge on any atom is 0.260 e. The minimum Gasteiger partial charge on any atom is -0.397 e. The molecular formula is C14H8Br2FN3O. The summed E-state index contributed by atoms with van der Waals surface area (Å²) in [5.41, 5.74) is 7.62. The second-order valence-corrected chi connectivity index (χ2v) is 6.05. The molecule has 2 aromatic carbocycles. The summed E-state index contributed by atoms with van der Waals surface area (Å²) in [4.78, 5) is 4.27. The summed E-state index contributed by atoms with van der Waals surface area (Å²) in [7, 11) is 0. The van der Waals surface area contributed by atoms with Crippen LogP contribution in [0, 0.1) is 5.82 Å². The summed E-state index contributed by atoms with van der Waals surface area (Å²) < 4.78 is 20.0. The van der Waals surface area contributed by atoms with Crippen LogP contribution in [0.1, 0.15) is 0 Å². The number of nitrogens with zero attached hydrogens (tertiary/aromatic N) is 2. The van der Waals surface area contributed by atoms with Crippen LogP contribution < -0.4 is 5.73 Å². The van der Waals surface area contributed by atoms with Crippen molar-refractivity contribution < 1.29 is 8.91 Å². The number of nitrogen functional groups attached to an aromatic ring is 1. The Kier molecular flexibility index (Phi) is 3.77. The lowest BCUT2D eigenvalue weighted by Crippen LogP contribution is -1.91. The van der Waals surface area contributed by atoms with Gasteiger partial charge < -0.3 is 10.3 Å². The molecule has 0 saturated heterocycles. The molecule has 1 heterocycles. The largest absolute Gasteiger partial charge is 0.397 e. The third kappa shape index (κ3) is 2.84. The Labute approximate surface area is 136 Å². The summed E-state index contributed by atoms with van der Waals surface area (Å²) in [5, 5.41) is 3.87. The molecule has 0 aliphatic heterocycles. The van der Waals surface area contributed by atoms with Gasteiger partial charge in [0, 0.05) is 14.5 Å². The summed E-state index contributed by atoms with van der Waals surface area (Å²) in [6.45, 7) is 0. The Morgan fingerprint density at radius 1 is 1.14 bits per heavy atom. The van der Waals surface area contributed by atoms with Crippen LogP contribution in [-0.4, -0.2) is 10.1 Å². The zero-order chi connectivity index (χ0) is 15.0.